The number of amides is 1. The monoisotopic (exact) mass is 401 g/mol. The molecule has 28 heavy (non-hydrogen) atoms. The molecule has 1 aromatic carbocycles. The third-order valence-corrected chi connectivity index (χ3v) is 5.90. The minimum Gasteiger partial charge on any atom is -0.484 e. The van der Waals surface area contributed by atoms with E-state index < -0.39 is 5.97 Å². The molecule has 1 N–H and O–H groups in total. The number of hydrogen-bond acceptors (Lipinski definition) is 6. The Kier molecular flexibility index (Phi) is 6.46. The molecule has 3 rings (SSSR count). The molecule has 6 nitrogen and oxygen atoms in total. The first-order valence-electron chi connectivity index (χ1n) is 9.26. The minimum atomic E-state index is -0.421. The summed E-state index contributed by atoms with van der Waals surface area (Å²) in [7, 11) is 1.35. The summed E-state index contributed by atoms with van der Waals surface area (Å²) in [5, 5.41) is 3.33. The first-order valence-corrected chi connectivity index (χ1v) is 10.1. The second-order valence-corrected chi connectivity index (χ2v) is 7.78. The zero-order valence-electron chi connectivity index (χ0n) is 16.0. The Balaban J connectivity index is 1.69. The second-order valence-electron chi connectivity index (χ2n) is 6.68. The number of benzene rings is 1. The first-order chi connectivity index (χ1) is 13.5. The quantitative estimate of drug-likeness (QED) is 0.449. The fourth-order valence-corrected chi connectivity index (χ4v) is 4.54. The van der Waals surface area contributed by atoms with Gasteiger partial charge in [0.15, 0.2) is 12.4 Å². The van der Waals surface area contributed by atoms with Crippen molar-refractivity contribution in [2.24, 2.45) is 0 Å². The van der Waals surface area contributed by atoms with Gasteiger partial charge in [-0.15, -0.1) is 11.3 Å². The maximum atomic E-state index is 12.4. The molecule has 1 aliphatic carbocycles. The van der Waals surface area contributed by atoms with Crippen LogP contribution in [0.1, 0.15) is 57.3 Å². The van der Waals surface area contributed by atoms with Crippen LogP contribution in [-0.2, 0) is 22.4 Å². The fourth-order valence-electron chi connectivity index (χ4n) is 3.25. The van der Waals surface area contributed by atoms with Crippen LogP contribution in [0.2, 0.25) is 0 Å². The third-order valence-electron chi connectivity index (χ3n) is 4.69. The van der Waals surface area contributed by atoms with Gasteiger partial charge in [0.2, 0.25) is 0 Å². The van der Waals surface area contributed by atoms with E-state index in [9.17, 15) is 14.4 Å². The lowest BCUT2D eigenvalue weighted by molar-refractivity contribution is -0.118. The number of carbonyl (C=O) groups excluding carboxylic acids is 3. The van der Waals surface area contributed by atoms with Crippen LogP contribution in [0.25, 0.3) is 0 Å². The number of nitrogens with one attached hydrogen (secondary N) is 1. The largest absolute Gasteiger partial charge is 0.484 e. The van der Waals surface area contributed by atoms with Crippen LogP contribution in [0.5, 0.6) is 5.75 Å². The average molecular weight is 401 g/mol. The summed E-state index contributed by atoms with van der Waals surface area (Å²) in [5.41, 5.74) is 2.06. The van der Waals surface area contributed by atoms with E-state index in [1.165, 1.54) is 25.4 Å². The van der Waals surface area contributed by atoms with Crippen molar-refractivity contribution in [1.29, 1.82) is 0 Å². The maximum Gasteiger partial charge on any atom is 0.341 e. The zero-order valence-corrected chi connectivity index (χ0v) is 16.8. The number of methoxy groups -OCH3 is 1. The maximum absolute atomic E-state index is 12.4. The highest BCUT2D eigenvalue weighted by atomic mass is 32.1. The van der Waals surface area contributed by atoms with Crippen molar-refractivity contribution in [3.05, 3.63) is 45.8 Å². The number of anilines is 1. The van der Waals surface area contributed by atoms with Crippen molar-refractivity contribution in [3.8, 4) is 5.75 Å². The second kappa shape index (κ2) is 9.01. The van der Waals surface area contributed by atoms with Crippen molar-refractivity contribution in [2.45, 2.75) is 39.0 Å². The molecule has 0 aliphatic heterocycles. The number of ether oxygens (including phenoxy) is 2. The molecule has 0 saturated heterocycles. The topological polar surface area (TPSA) is 81.7 Å². The van der Waals surface area contributed by atoms with Gasteiger partial charge < -0.3 is 14.8 Å². The number of thiophene rings is 1. The molecule has 2 aromatic rings. The Morgan fingerprint density at radius 2 is 1.79 bits per heavy atom. The third kappa shape index (κ3) is 4.59. The van der Waals surface area contributed by atoms with Crippen molar-refractivity contribution in [3.63, 3.8) is 0 Å². The van der Waals surface area contributed by atoms with Crippen LogP contribution in [0.15, 0.2) is 24.3 Å². The lowest BCUT2D eigenvalue weighted by atomic mass is 10.1. The van der Waals surface area contributed by atoms with Crippen molar-refractivity contribution in [1.82, 2.24) is 0 Å². The van der Waals surface area contributed by atoms with E-state index in [2.05, 4.69) is 5.32 Å². The number of rotatable bonds is 6. The molecule has 1 aromatic heterocycles. The van der Waals surface area contributed by atoms with E-state index in [0.717, 1.165) is 42.5 Å². The molecule has 148 valence electrons. The Bertz CT molecular complexity index is 885. The van der Waals surface area contributed by atoms with Crippen LogP contribution in [0.3, 0.4) is 0 Å². The summed E-state index contributed by atoms with van der Waals surface area (Å²) in [6.45, 7) is 1.30. The SMILES string of the molecule is COC(=O)c1c(NC(=O)COc2ccc(C(C)=O)cc2)sc2c1CCCCC2. The van der Waals surface area contributed by atoms with E-state index in [1.54, 1.807) is 24.3 Å². The Morgan fingerprint density at radius 3 is 2.46 bits per heavy atom. The summed E-state index contributed by atoms with van der Waals surface area (Å²) in [4.78, 5) is 37.1. The van der Waals surface area contributed by atoms with Crippen LogP contribution >= 0.6 is 11.3 Å². The Hall–Kier alpha value is -2.67. The van der Waals surface area contributed by atoms with Gasteiger partial charge >= 0.3 is 5.97 Å². The molecule has 1 amide bonds. The van der Waals surface area contributed by atoms with Gasteiger partial charge in [-0.3, -0.25) is 9.59 Å². The van der Waals surface area contributed by atoms with E-state index in [4.69, 9.17) is 9.47 Å². The van der Waals surface area contributed by atoms with Gasteiger partial charge in [0.1, 0.15) is 10.8 Å². The lowest BCUT2D eigenvalue weighted by Gasteiger charge is -2.09. The summed E-state index contributed by atoms with van der Waals surface area (Å²) in [6.07, 6.45) is 4.99. The van der Waals surface area contributed by atoms with Crippen LogP contribution in [0, 0.1) is 0 Å². The molecule has 0 radical (unpaired) electrons. The van der Waals surface area contributed by atoms with E-state index >= 15 is 0 Å². The first kappa shape index (κ1) is 20.1. The average Bonchev–Trinajstić information content (AvgIpc) is 2.86. The van der Waals surface area contributed by atoms with E-state index in [-0.39, 0.29) is 18.3 Å². The molecule has 0 bridgehead atoms. The number of esters is 1. The number of ketones is 1. The van der Waals surface area contributed by atoms with Crippen LogP contribution in [0.4, 0.5) is 5.00 Å². The molecule has 0 spiro atoms. The highest BCUT2D eigenvalue weighted by Crippen LogP contribution is 2.37. The van der Waals surface area contributed by atoms with Crippen molar-refractivity contribution in [2.75, 3.05) is 19.0 Å². The van der Waals surface area contributed by atoms with Gasteiger partial charge in [-0.25, -0.2) is 4.79 Å². The van der Waals surface area contributed by atoms with Crippen LogP contribution < -0.4 is 10.1 Å². The van der Waals surface area contributed by atoms with Crippen molar-refractivity contribution < 1.29 is 23.9 Å². The normalized spacial score (nSPS) is 13.2. The Labute approximate surface area is 167 Å². The number of fused-ring (bicyclic) bond motifs is 1. The van der Waals surface area contributed by atoms with E-state index in [0.29, 0.717) is 21.9 Å². The van der Waals surface area contributed by atoms with Crippen molar-refractivity contribution >= 4 is 34.0 Å². The van der Waals surface area contributed by atoms with Crippen LogP contribution in [-0.4, -0.2) is 31.4 Å². The minimum absolute atomic E-state index is 0.0305. The van der Waals surface area contributed by atoms with Gasteiger partial charge in [-0.1, -0.05) is 6.42 Å². The molecule has 0 atom stereocenters. The smallest absolute Gasteiger partial charge is 0.341 e. The van der Waals surface area contributed by atoms with E-state index in [1.807, 2.05) is 0 Å². The van der Waals surface area contributed by atoms with Gasteiger partial charge in [0.25, 0.3) is 5.91 Å². The number of carbonyl (C=O) groups is 3. The number of aryl methyl sites for hydroxylation is 1. The Morgan fingerprint density at radius 1 is 1.07 bits per heavy atom. The molecular weight excluding hydrogens is 378 g/mol. The number of Topliss-reactive ketones (excluding diaryl/α,β-unsaturated/α-hetero) is 1. The predicted molar refractivity (Wildman–Crippen MR) is 107 cm³/mol. The highest BCUT2D eigenvalue weighted by molar-refractivity contribution is 7.17. The molecular formula is C21H23NO5S. The molecule has 1 aliphatic rings. The molecule has 7 heteroatoms. The molecule has 1 heterocycles. The number of hydrogen-bond donors (Lipinski definition) is 1. The molecule has 0 unspecified atom stereocenters. The fraction of sp³-hybridized carbons (Fsp3) is 0.381. The molecule has 0 fully saturated rings. The lowest BCUT2D eigenvalue weighted by Crippen LogP contribution is -2.21. The molecule has 0 saturated carbocycles. The predicted octanol–water partition coefficient (Wildman–Crippen LogP) is 4.02. The van der Waals surface area contributed by atoms with Gasteiger partial charge in [-0.2, -0.15) is 0 Å². The zero-order chi connectivity index (χ0) is 20.1. The van der Waals surface area contributed by atoms with Gasteiger partial charge in [-0.05, 0) is 62.4 Å². The summed E-state index contributed by atoms with van der Waals surface area (Å²) in [5.74, 6) is -0.306. The highest BCUT2D eigenvalue weighted by Gasteiger charge is 2.26. The van der Waals surface area contributed by atoms with Gasteiger partial charge in [0.05, 0.1) is 12.7 Å². The van der Waals surface area contributed by atoms with Gasteiger partial charge in [0, 0.05) is 10.4 Å². The summed E-state index contributed by atoms with van der Waals surface area (Å²) in [6, 6.07) is 6.61. The standard InChI is InChI=1S/C21H23NO5S/c1-13(23)14-8-10-15(11-9-14)27-12-18(24)22-20-19(21(25)26-2)16-6-4-3-5-7-17(16)28-20/h8-11H,3-7,12H2,1-2H3,(H,22,24). The summed E-state index contributed by atoms with van der Waals surface area (Å²) >= 11 is 1.45. The summed E-state index contributed by atoms with van der Waals surface area (Å²) < 4.78 is 10.4.